The quantitative estimate of drug-likeness (QED) is 0.745. The van der Waals surface area contributed by atoms with Crippen LogP contribution in [0.1, 0.15) is 5.56 Å². The standard InChI is InChI=1S/C17H18ClFN2O3/c1-23-8-9-24-14-5-2-12(3-6-14)11-20-17(22)21-13-4-7-15(18)16(19)10-13/h2-7,10H,8-9,11H2,1H3,(H2,20,21,22). The van der Waals surface area contributed by atoms with Crippen LogP contribution in [-0.4, -0.2) is 26.4 Å². The fourth-order valence-corrected chi connectivity index (χ4v) is 2.00. The van der Waals surface area contributed by atoms with Crippen molar-refractivity contribution in [1.29, 1.82) is 0 Å². The fourth-order valence-electron chi connectivity index (χ4n) is 1.88. The van der Waals surface area contributed by atoms with Crippen LogP contribution in [-0.2, 0) is 11.3 Å². The van der Waals surface area contributed by atoms with Gasteiger partial charge in [-0.15, -0.1) is 0 Å². The Kier molecular flexibility index (Phi) is 6.84. The Hall–Kier alpha value is -2.31. The Morgan fingerprint density at radius 2 is 1.92 bits per heavy atom. The summed E-state index contributed by atoms with van der Waals surface area (Å²) in [6.45, 7) is 1.34. The minimum Gasteiger partial charge on any atom is -0.491 e. The number of hydrogen-bond acceptors (Lipinski definition) is 3. The molecule has 2 amide bonds. The number of ether oxygens (including phenoxy) is 2. The topological polar surface area (TPSA) is 59.6 Å². The van der Waals surface area contributed by atoms with Gasteiger partial charge in [0.2, 0.25) is 0 Å². The van der Waals surface area contributed by atoms with E-state index in [4.69, 9.17) is 21.1 Å². The first-order chi connectivity index (χ1) is 11.6. The molecule has 0 spiro atoms. The number of hydrogen-bond donors (Lipinski definition) is 2. The van der Waals surface area contributed by atoms with Gasteiger partial charge in [0.15, 0.2) is 0 Å². The molecule has 0 fully saturated rings. The van der Waals surface area contributed by atoms with Crippen molar-refractivity contribution >= 4 is 23.3 Å². The summed E-state index contributed by atoms with van der Waals surface area (Å²) in [6.07, 6.45) is 0. The summed E-state index contributed by atoms with van der Waals surface area (Å²) in [6, 6.07) is 11.0. The number of methoxy groups -OCH3 is 1. The van der Waals surface area contributed by atoms with Crippen molar-refractivity contribution in [3.63, 3.8) is 0 Å². The summed E-state index contributed by atoms with van der Waals surface area (Å²) < 4.78 is 23.7. The molecule has 24 heavy (non-hydrogen) atoms. The average Bonchev–Trinajstić information content (AvgIpc) is 2.58. The minimum atomic E-state index is -0.585. The summed E-state index contributed by atoms with van der Waals surface area (Å²) in [7, 11) is 1.61. The molecule has 0 bridgehead atoms. The summed E-state index contributed by atoms with van der Waals surface area (Å²) in [5.74, 6) is 0.149. The maximum atomic E-state index is 13.3. The van der Waals surface area contributed by atoms with E-state index in [0.29, 0.717) is 25.4 Å². The van der Waals surface area contributed by atoms with Gasteiger partial charge in [-0.1, -0.05) is 23.7 Å². The van der Waals surface area contributed by atoms with Gasteiger partial charge in [-0.05, 0) is 35.9 Å². The number of urea groups is 1. The number of benzene rings is 2. The third-order valence-corrected chi connectivity index (χ3v) is 3.42. The lowest BCUT2D eigenvalue weighted by molar-refractivity contribution is 0.146. The molecule has 0 aromatic heterocycles. The van der Waals surface area contributed by atoms with Crippen molar-refractivity contribution in [2.75, 3.05) is 25.6 Å². The Labute approximate surface area is 144 Å². The molecule has 2 aromatic carbocycles. The van der Waals surface area contributed by atoms with Crippen molar-refractivity contribution in [2.24, 2.45) is 0 Å². The molecule has 0 aliphatic carbocycles. The normalized spacial score (nSPS) is 10.3. The average molecular weight is 353 g/mol. The molecule has 2 aromatic rings. The molecule has 128 valence electrons. The third-order valence-electron chi connectivity index (χ3n) is 3.11. The first-order valence-electron chi connectivity index (χ1n) is 7.29. The van der Waals surface area contributed by atoms with Crippen LogP contribution < -0.4 is 15.4 Å². The van der Waals surface area contributed by atoms with E-state index in [2.05, 4.69) is 10.6 Å². The summed E-state index contributed by atoms with van der Waals surface area (Å²) >= 11 is 5.59. The third kappa shape index (κ3) is 5.72. The van der Waals surface area contributed by atoms with Crippen LogP contribution in [0.2, 0.25) is 5.02 Å². The smallest absolute Gasteiger partial charge is 0.319 e. The lowest BCUT2D eigenvalue weighted by atomic mass is 10.2. The van der Waals surface area contributed by atoms with Gasteiger partial charge < -0.3 is 20.1 Å². The zero-order chi connectivity index (χ0) is 17.4. The molecule has 2 N–H and O–H groups in total. The Bertz CT molecular complexity index is 680. The summed E-state index contributed by atoms with van der Waals surface area (Å²) in [4.78, 5) is 11.8. The lowest BCUT2D eigenvalue weighted by Gasteiger charge is -2.09. The highest BCUT2D eigenvalue weighted by molar-refractivity contribution is 6.30. The monoisotopic (exact) mass is 352 g/mol. The van der Waals surface area contributed by atoms with E-state index in [1.54, 1.807) is 7.11 Å². The highest BCUT2D eigenvalue weighted by Gasteiger charge is 2.05. The number of rotatable bonds is 7. The van der Waals surface area contributed by atoms with Crippen molar-refractivity contribution in [3.8, 4) is 5.75 Å². The van der Waals surface area contributed by atoms with Crippen LogP contribution in [0, 0.1) is 5.82 Å². The van der Waals surface area contributed by atoms with E-state index in [1.807, 2.05) is 24.3 Å². The molecule has 2 rings (SSSR count). The van der Waals surface area contributed by atoms with Crippen LogP contribution >= 0.6 is 11.6 Å². The number of halogens is 2. The van der Waals surface area contributed by atoms with E-state index in [-0.39, 0.29) is 5.02 Å². The van der Waals surface area contributed by atoms with Gasteiger partial charge in [-0.3, -0.25) is 0 Å². The molecule has 5 nitrogen and oxygen atoms in total. The number of anilines is 1. The molecule has 7 heteroatoms. The molecule has 0 atom stereocenters. The van der Waals surface area contributed by atoms with Crippen LogP contribution in [0.3, 0.4) is 0 Å². The first kappa shape index (κ1) is 18.0. The first-order valence-corrected chi connectivity index (χ1v) is 7.67. The SMILES string of the molecule is COCCOc1ccc(CNC(=O)Nc2ccc(Cl)c(F)c2)cc1. The zero-order valence-corrected chi connectivity index (χ0v) is 13.9. The Balaban J connectivity index is 1.79. The predicted octanol–water partition coefficient (Wildman–Crippen LogP) is 3.83. The van der Waals surface area contributed by atoms with E-state index >= 15 is 0 Å². The highest BCUT2D eigenvalue weighted by atomic mass is 35.5. The second kappa shape index (κ2) is 9.10. The number of carbonyl (C=O) groups excluding carboxylic acids is 1. The molecule has 0 aliphatic heterocycles. The number of carbonyl (C=O) groups is 1. The van der Waals surface area contributed by atoms with Crippen molar-refractivity contribution in [3.05, 3.63) is 58.9 Å². The predicted molar refractivity (Wildman–Crippen MR) is 91.1 cm³/mol. The Morgan fingerprint density at radius 1 is 1.17 bits per heavy atom. The molecule has 0 radical (unpaired) electrons. The molecular weight excluding hydrogens is 335 g/mol. The Morgan fingerprint density at radius 3 is 2.58 bits per heavy atom. The lowest BCUT2D eigenvalue weighted by Crippen LogP contribution is -2.28. The number of amides is 2. The van der Waals surface area contributed by atoms with Gasteiger partial charge in [-0.25, -0.2) is 9.18 Å². The van der Waals surface area contributed by atoms with Gasteiger partial charge in [-0.2, -0.15) is 0 Å². The van der Waals surface area contributed by atoms with Crippen molar-refractivity contribution in [1.82, 2.24) is 5.32 Å². The van der Waals surface area contributed by atoms with E-state index < -0.39 is 11.8 Å². The molecule has 0 saturated heterocycles. The van der Waals surface area contributed by atoms with Crippen molar-refractivity contribution in [2.45, 2.75) is 6.54 Å². The van der Waals surface area contributed by atoms with E-state index in [1.165, 1.54) is 12.1 Å². The minimum absolute atomic E-state index is 0.00812. The van der Waals surface area contributed by atoms with E-state index in [0.717, 1.165) is 17.4 Å². The van der Waals surface area contributed by atoms with Crippen LogP contribution in [0.15, 0.2) is 42.5 Å². The van der Waals surface area contributed by atoms with Gasteiger partial charge in [0, 0.05) is 19.3 Å². The molecule has 0 aliphatic rings. The summed E-state index contributed by atoms with van der Waals surface area (Å²) in [5.41, 5.74) is 1.24. The van der Waals surface area contributed by atoms with Gasteiger partial charge in [0.05, 0.1) is 11.6 Å². The second-order valence-electron chi connectivity index (χ2n) is 4.92. The maximum absolute atomic E-state index is 13.3. The fraction of sp³-hybridized carbons (Fsp3) is 0.235. The molecule has 0 saturated carbocycles. The van der Waals surface area contributed by atoms with Gasteiger partial charge in [0.25, 0.3) is 0 Å². The molecular formula is C17H18ClFN2O3. The van der Waals surface area contributed by atoms with Gasteiger partial charge >= 0.3 is 6.03 Å². The largest absolute Gasteiger partial charge is 0.491 e. The van der Waals surface area contributed by atoms with Gasteiger partial charge in [0.1, 0.15) is 18.2 Å². The zero-order valence-electron chi connectivity index (χ0n) is 13.1. The number of nitrogens with one attached hydrogen (secondary N) is 2. The van der Waals surface area contributed by atoms with Crippen LogP contribution in [0.4, 0.5) is 14.9 Å². The highest BCUT2D eigenvalue weighted by Crippen LogP contribution is 2.18. The van der Waals surface area contributed by atoms with Crippen LogP contribution in [0.5, 0.6) is 5.75 Å². The second-order valence-corrected chi connectivity index (χ2v) is 5.33. The summed E-state index contributed by atoms with van der Waals surface area (Å²) in [5, 5.41) is 5.23. The van der Waals surface area contributed by atoms with Crippen LogP contribution in [0.25, 0.3) is 0 Å². The van der Waals surface area contributed by atoms with E-state index in [9.17, 15) is 9.18 Å². The molecule has 0 heterocycles. The molecule has 0 unspecified atom stereocenters. The van der Waals surface area contributed by atoms with Crippen molar-refractivity contribution < 1.29 is 18.7 Å². The maximum Gasteiger partial charge on any atom is 0.319 e.